The highest BCUT2D eigenvalue weighted by molar-refractivity contribution is 7.93. The van der Waals surface area contributed by atoms with E-state index in [1.807, 2.05) is 0 Å². The van der Waals surface area contributed by atoms with Crippen molar-refractivity contribution < 1.29 is 8.42 Å². The average molecular weight is 306 g/mol. The fraction of sp³-hybridized carbons (Fsp3) is 0.923. The Kier molecular flexibility index (Phi) is 6.69. The Balaban J connectivity index is 2.41. The van der Waals surface area contributed by atoms with Crippen molar-refractivity contribution in [3.05, 3.63) is 0 Å². The van der Waals surface area contributed by atoms with Crippen molar-refractivity contribution in [1.82, 2.24) is 4.72 Å². The van der Waals surface area contributed by atoms with Crippen molar-refractivity contribution in [2.45, 2.75) is 57.6 Å². The third-order valence-electron chi connectivity index (χ3n) is 3.96. The Hall–Kier alpha value is -0.200. The second kappa shape index (κ2) is 7.55. The zero-order valence-corrected chi connectivity index (χ0v) is 13.5. The number of sulfonamides is 1. The van der Waals surface area contributed by atoms with Crippen LogP contribution < -0.4 is 10.5 Å². The van der Waals surface area contributed by atoms with E-state index in [1.165, 1.54) is 25.7 Å². The van der Waals surface area contributed by atoms with Crippen LogP contribution in [-0.2, 0) is 10.0 Å². The summed E-state index contributed by atoms with van der Waals surface area (Å²) in [6, 6.07) is 0. The van der Waals surface area contributed by atoms with Crippen LogP contribution in [0, 0.1) is 11.8 Å². The van der Waals surface area contributed by atoms with Crippen LogP contribution in [0.2, 0.25) is 0 Å². The summed E-state index contributed by atoms with van der Waals surface area (Å²) in [5, 5.41) is -0.743. The van der Waals surface area contributed by atoms with Crippen LogP contribution in [0.25, 0.3) is 0 Å². The van der Waals surface area contributed by atoms with Gasteiger partial charge in [-0.1, -0.05) is 45.3 Å². The lowest BCUT2D eigenvalue weighted by atomic mass is 9.81. The van der Waals surface area contributed by atoms with Crippen LogP contribution in [0.3, 0.4) is 0 Å². The third-order valence-corrected chi connectivity index (χ3v) is 6.34. The Labute approximate surface area is 122 Å². The summed E-state index contributed by atoms with van der Waals surface area (Å²) >= 11 is 4.81. The van der Waals surface area contributed by atoms with Gasteiger partial charge in [-0.25, -0.2) is 13.1 Å². The second-order valence-corrected chi connectivity index (χ2v) is 8.08. The van der Waals surface area contributed by atoms with Gasteiger partial charge in [0.1, 0.15) is 5.25 Å². The lowest BCUT2D eigenvalue weighted by Crippen LogP contribution is -2.42. The van der Waals surface area contributed by atoms with Crippen molar-refractivity contribution >= 4 is 27.2 Å². The molecule has 1 rings (SSSR count). The summed E-state index contributed by atoms with van der Waals surface area (Å²) in [4.78, 5) is 0.0567. The van der Waals surface area contributed by atoms with Crippen molar-refractivity contribution in [2.75, 3.05) is 6.54 Å². The first-order chi connectivity index (χ1) is 8.86. The maximum absolute atomic E-state index is 12.0. The molecule has 6 heteroatoms. The predicted molar refractivity (Wildman–Crippen MR) is 83.5 cm³/mol. The van der Waals surface area contributed by atoms with Gasteiger partial charge in [0, 0.05) is 6.54 Å². The van der Waals surface area contributed by atoms with Crippen molar-refractivity contribution in [1.29, 1.82) is 0 Å². The highest BCUT2D eigenvalue weighted by Gasteiger charge is 2.26. The van der Waals surface area contributed by atoms with Gasteiger partial charge in [0.25, 0.3) is 0 Å². The van der Waals surface area contributed by atoms with E-state index in [-0.39, 0.29) is 4.99 Å². The lowest BCUT2D eigenvalue weighted by Gasteiger charge is -2.26. The molecular weight excluding hydrogens is 280 g/mol. The zero-order valence-electron chi connectivity index (χ0n) is 11.9. The fourth-order valence-electron chi connectivity index (χ4n) is 2.90. The highest BCUT2D eigenvalue weighted by Crippen LogP contribution is 2.30. The summed E-state index contributed by atoms with van der Waals surface area (Å²) in [5.41, 5.74) is 5.48. The minimum absolute atomic E-state index is 0.0567. The van der Waals surface area contributed by atoms with Gasteiger partial charge in [-0.15, -0.1) is 0 Å². The van der Waals surface area contributed by atoms with Crippen molar-refractivity contribution in [3.8, 4) is 0 Å². The van der Waals surface area contributed by atoms with Crippen LogP contribution in [0.1, 0.15) is 52.4 Å². The number of nitrogens with two attached hydrogens (primary N) is 1. The molecule has 1 fully saturated rings. The van der Waals surface area contributed by atoms with Crippen molar-refractivity contribution in [3.63, 3.8) is 0 Å². The van der Waals surface area contributed by atoms with Crippen LogP contribution in [0.15, 0.2) is 0 Å². The molecule has 0 aromatic carbocycles. The van der Waals surface area contributed by atoms with Crippen LogP contribution in [0.5, 0.6) is 0 Å². The molecule has 0 radical (unpaired) electrons. The van der Waals surface area contributed by atoms with E-state index in [4.69, 9.17) is 18.0 Å². The molecule has 0 amide bonds. The second-order valence-electron chi connectivity index (χ2n) is 5.67. The first-order valence-corrected chi connectivity index (χ1v) is 9.10. The van der Waals surface area contributed by atoms with Gasteiger partial charge in [0.15, 0.2) is 0 Å². The van der Waals surface area contributed by atoms with Gasteiger partial charge in [0.05, 0.1) is 4.99 Å². The van der Waals surface area contributed by atoms with Gasteiger partial charge < -0.3 is 5.73 Å². The smallest absolute Gasteiger partial charge is 0.220 e. The Morgan fingerprint density at radius 2 is 2.16 bits per heavy atom. The maximum Gasteiger partial charge on any atom is 0.220 e. The number of hydrogen-bond donors (Lipinski definition) is 2. The summed E-state index contributed by atoms with van der Waals surface area (Å²) in [5.74, 6) is 1.42. The van der Waals surface area contributed by atoms with E-state index in [2.05, 4.69) is 11.6 Å². The van der Waals surface area contributed by atoms with E-state index in [9.17, 15) is 8.42 Å². The molecule has 3 atom stereocenters. The number of rotatable bonds is 7. The lowest BCUT2D eigenvalue weighted by molar-refractivity contribution is 0.271. The molecule has 0 aromatic heterocycles. The quantitative estimate of drug-likeness (QED) is 0.707. The molecule has 4 nitrogen and oxygen atoms in total. The molecule has 0 saturated heterocycles. The highest BCUT2D eigenvalue weighted by atomic mass is 32.2. The van der Waals surface area contributed by atoms with Gasteiger partial charge in [-0.05, 0) is 31.1 Å². The summed E-state index contributed by atoms with van der Waals surface area (Å²) in [6.45, 7) is 4.56. The normalized spacial score (nSPS) is 26.0. The molecule has 1 aliphatic carbocycles. The number of hydrogen-bond acceptors (Lipinski definition) is 3. The van der Waals surface area contributed by atoms with Gasteiger partial charge in [-0.3, -0.25) is 0 Å². The standard InChI is InChI=1S/C13H26N2O2S2/c1-3-12(13(14)18)19(16,17)15-8-7-11-6-4-5-10(2)9-11/h10-12,15H,3-9H2,1-2H3,(H2,14,18). The van der Waals surface area contributed by atoms with Crippen LogP contribution in [0.4, 0.5) is 0 Å². The Morgan fingerprint density at radius 3 is 2.68 bits per heavy atom. The van der Waals surface area contributed by atoms with E-state index in [0.717, 1.165) is 12.3 Å². The van der Waals surface area contributed by atoms with E-state index in [0.29, 0.717) is 18.9 Å². The maximum atomic E-state index is 12.0. The molecule has 0 aliphatic heterocycles. The molecule has 0 heterocycles. The molecule has 0 spiro atoms. The molecule has 1 saturated carbocycles. The SMILES string of the molecule is CCC(C(N)=S)S(=O)(=O)NCCC1CCCC(C)C1. The zero-order chi connectivity index (χ0) is 14.5. The number of thiocarbonyl (C=S) groups is 1. The summed E-state index contributed by atoms with van der Waals surface area (Å²) in [6.07, 6.45) is 6.35. The third kappa shape index (κ3) is 5.36. The monoisotopic (exact) mass is 306 g/mol. The van der Waals surface area contributed by atoms with E-state index >= 15 is 0 Å². The molecule has 0 aromatic rings. The molecule has 3 N–H and O–H groups in total. The molecule has 112 valence electrons. The van der Waals surface area contributed by atoms with E-state index in [1.54, 1.807) is 6.92 Å². The first kappa shape index (κ1) is 16.9. The largest absolute Gasteiger partial charge is 0.392 e. The minimum atomic E-state index is -3.40. The van der Waals surface area contributed by atoms with Crippen LogP contribution >= 0.6 is 12.2 Å². The van der Waals surface area contributed by atoms with Gasteiger partial charge >= 0.3 is 0 Å². The Bertz CT molecular complexity index is 395. The van der Waals surface area contributed by atoms with Crippen LogP contribution in [-0.4, -0.2) is 25.2 Å². The average Bonchev–Trinajstić information content (AvgIpc) is 2.28. The molecule has 3 unspecified atom stereocenters. The van der Waals surface area contributed by atoms with Gasteiger partial charge in [0.2, 0.25) is 10.0 Å². The van der Waals surface area contributed by atoms with Crippen molar-refractivity contribution in [2.24, 2.45) is 17.6 Å². The van der Waals surface area contributed by atoms with Gasteiger partial charge in [-0.2, -0.15) is 0 Å². The molecule has 19 heavy (non-hydrogen) atoms. The van der Waals surface area contributed by atoms with E-state index < -0.39 is 15.3 Å². The molecule has 0 bridgehead atoms. The summed E-state index contributed by atoms with van der Waals surface area (Å²) in [7, 11) is -3.40. The summed E-state index contributed by atoms with van der Waals surface area (Å²) < 4.78 is 26.7. The predicted octanol–water partition coefficient (Wildman–Crippen LogP) is 2.19. The molecule has 1 aliphatic rings. The minimum Gasteiger partial charge on any atom is -0.392 e. The Morgan fingerprint density at radius 1 is 1.47 bits per heavy atom. The fourth-order valence-corrected chi connectivity index (χ4v) is 4.80. The number of nitrogens with one attached hydrogen (secondary N) is 1. The first-order valence-electron chi connectivity index (χ1n) is 7.14. The molecular formula is C13H26N2O2S2. The topological polar surface area (TPSA) is 72.2 Å².